The van der Waals surface area contributed by atoms with Crippen molar-refractivity contribution in [1.82, 2.24) is 0 Å². The maximum atomic E-state index is 11.1. The molecule has 60 valence electrons. The molecule has 0 bridgehead atoms. The number of hydrogen-bond acceptors (Lipinski definition) is 1. The van der Waals surface area contributed by atoms with Gasteiger partial charge in [0.2, 0.25) is 0 Å². The fourth-order valence-electron chi connectivity index (χ4n) is 0.916. The van der Waals surface area contributed by atoms with Gasteiger partial charge in [0.05, 0.1) is 5.25 Å². The summed E-state index contributed by atoms with van der Waals surface area (Å²) in [6.45, 7) is 1.98. The lowest BCUT2D eigenvalue weighted by Crippen LogP contribution is -1.99. The van der Waals surface area contributed by atoms with Crippen LogP contribution in [0.25, 0.3) is 0 Å². The van der Waals surface area contributed by atoms with E-state index in [1.165, 1.54) is 0 Å². The van der Waals surface area contributed by atoms with E-state index in [9.17, 15) is 4.21 Å². The minimum Gasteiger partial charge on any atom is -0.259 e. The fourth-order valence-corrected chi connectivity index (χ4v) is 1.46. The molecule has 1 rings (SSSR count). The summed E-state index contributed by atoms with van der Waals surface area (Å²) in [4.78, 5) is 0. The van der Waals surface area contributed by atoms with Crippen LogP contribution in [0.5, 0.6) is 0 Å². The van der Waals surface area contributed by atoms with Gasteiger partial charge in [-0.05, 0) is 12.5 Å². The van der Waals surface area contributed by atoms with Crippen LogP contribution in [0.4, 0.5) is 0 Å². The minimum absolute atomic E-state index is 0.149. The highest BCUT2D eigenvalue weighted by molar-refractivity contribution is 7.84. The highest BCUT2D eigenvalue weighted by atomic mass is 32.2. The third-order valence-corrected chi connectivity index (χ3v) is 3.03. The lowest BCUT2D eigenvalue weighted by atomic mass is 10.2. The van der Waals surface area contributed by atoms with Gasteiger partial charge in [0, 0.05) is 17.1 Å². The van der Waals surface area contributed by atoms with Crippen molar-refractivity contribution in [2.24, 2.45) is 0 Å². The Kier molecular flexibility index (Phi) is 2.83. The molecule has 1 unspecified atom stereocenters. The molecule has 0 aliphatic rings. The van der Waals surface area contributed by atoms with E-state index < -0.39 is 10.8 Å². The summed E-state index contributed by atoms with van der Waals surface area (Å²) < 4.78 is 11.1. The van der Waals surface area contributed by atoms with Crippen molar-refractivity contribution >= 4 is 10.8 Å². The van der Waals surface area contributed by atoms with Crippen molar-refractivity contribution < 1.29 is 4.21 Å². The molecule has 0 aliphatic heterocycles. The first-order valence-electron chi connectivity index (χ1n) is 3.59. The van der Waals surface area contributed by atoms with Crippen molar-refractivity contribution in [3.05, 3.63) is 35.9 Å². The maximum Gasteiger partial charge on any atom is 0.0566 e. The first-order valence-corrected chi connectivity index (χ1v) is 5.21. The standard InChI is InChI=1S/C9H12OS/c1-8(11(2)10)9-6-4-3-5-7-9/h3-8H,1-2H3/t8-,11?/m0/s1. The fraction of sp³-hybridized carbons (Fsp3) is 0.333. The molecule has 2 heteroatoms. The van der Waals surface area contributed by atoms with Crippen LogP contribution in [-0.4, -0.2) is 10.5 Å². The Morgan fingerprint density at radius 1 is 1.27 bits per heavy atom. The molecule has 1 aromatic carbocycles. The molecule has 0 spiro atoms. The normalized spacial score (nSPS) is 15.8. The smallest absolute Gasteiger partial charge is 0.0566 e. The van der Waals surface area contributed by atoms with Crippen LogP contribution >= 0.6 is 0 Å². The van der Waals surface area contributed by atoms with E-state index >= 15 is 0 Å². The van der Waals surface area contributed by atoms with E-state index in [0.29, 0.717) is 0 Å². The van der Waals surface area contributed by atoms with Gasteiger partial charge in [0.1, 0.15) is 0 Å². The van der Waals surface area contributed by atoms with Gasteiger partial charge in [0.25, 0.3) is 0 Å². The van der Waals surface area contributed by atoms with Crippen LogP contribution in [0.2, 0.25) is 0 Å². The zero-order valence-electron chi connectivity index (χ0n) is 6.78. The average Bonchev–Trinajstić information content (AvgIpc) is 2.05. The molecule has 0 saturated carbocycles. The molecule has 0 aliphatic carbocycles. The predicted molar refractivity (Wildman–Crippen MR) is 48.9 cm³/mol. The molecule has 0 fully saturated rings. The quantitative estimate of drug-likeness (QED) is 0.661. The minimum atomic E-state index is -0.761. The van der Waals surface area contributed by atoms with E-state index in [2.05, 4.69) is 0 Å². The zero-order valence-corrected chi connectivity index (χ0v) is 7.60. The molecule has 0 amide bonds. The second kappa shape index (κ2) is 3.67. The van der Waals surface area contributed by atoms with Crippen LogP contribution in [0.3, 0.4) is 0 Å². The molecule has 2 atom stereocenters. The number of hydrogen-bond donors (Lipinski definition) is 0. The van der Waals surface area contributed by atoms with Gasteiger partial charge in [-0.25, -0.2) is 0 Å². The summed E-state index contributed by atoms with van der Waals surface area (Å²) in [6, 6.07) is 9.92. The second-order valence-electron chi connectivity index (χ2n) is 2.55. The molecule has 0 heterocycles. The van der Waals surface area contributed by atoms with E-state index in [1.54, 1.807) is 6.26 Å². The Balaban J connectivity index is 2.85. The van der Waals surface area contributed by atoms with Gasteiger partial charge in [-0.15, -0.1) is 0 Å². The first kappa shape index (κ1) is 8.47. The highest BCUT2D eigenvalue weighted by Gasteiger charge is 2.06. The summed E-state index contributed by atoms with van der Waals surface area (Å²) >= 11 is 0. The first-order chi connectivity index (χ1) is 5.22. The van der Waals surface area contributed by atoms with Crippen LogP contribution in [0.15, 0.2) is 30.3 Å². The van der Waals surface area contributed by atoms with Gasteiger partial charge in [-0.2, -0.15) is 0 Å². The Bertz CT molecular complexity index is 243. The molecule has 0 saturated heterocycles. The summed E-state index contributed by atoms with van der Waals surface area (Å²) in [6.07, 6.45) is 1.73. The Labute approximate surface area is 69.9 Å². The largest absolute Gasteiger partial charge is 0.259 e. The van der Waals surface area contributed by atoms with Gasteiger partial charge in [0.15, 0.2) is 0 Å². The van der Waals surface area contributed by atoms with E-state index in [-0.39, 0.29) is 5.25 Å². The monoisotopic (exact) mass is 168 g/mol. The van der Waals surface area contributed by atoms with E-state index in [4.69, 9.17) is 0 Å². The zero-order chi connectivity index (χ0) is 8.27. The predicted octanol–water partition coefficient (Wildman–Crippen LogP) is 2.13. The molecular formula is C9H12OS. The third kappa shape index (κ3) is 2.15. The van der Waals surface area contributed by atoms with Crippen LogP contribution in [0.1, 0.15) is 17.7 Å². The lowest BCUT2D eigenvalue weighted by Gasteiger charge is -2.06. The van der Waals surface area contributed by atoms with Crippen molar-refractivity contribution in [3.63, 3.8) is 0 Å². The summed E-state index contributed by atoms with van der Waals surface area (Å²) in [5.74, 6) is 0. The second-order valence-corrected chi connectivity index (χ2v) is 4.26. The maximum absolute atomic E-state index is 11.1. The van der Waals surface area contributed by atoms with Gasteiger partial charge < -0.3 is 0 Å². The van der Waals surface area contributed by atoms with Gasteiger partial charge in [-0.1, -0.05) is 30.3 Å². The average molecular weight is 168 g/mol. The lowest BCUT2D eigenvalue weighted by molar-refractivity contribution is 0.680. The highest BCUT2D eigenvalue weighted by Crippen LogP contribution is 2.16. The SMILES string of the molecule is C[C@@H](c1ccccc1)S(C)=O. The Hall–Kier alpha value is -0.630. The summed E-state index contributed by atoms with van der Waals surface area (Å²) in [5.41, 5.74) is 1.15. The summed E-state index contributed by atoms with van der Waals surface area (Å²) in [5, 5.41) is 0.149. The Morgan fingerprint density at radius 2 is 1.82 bits per heavy atom. The van der Waals surface area contributed by atoms with Crippen molar-refractivity contribution in [2.75, 3.05) is 6.26 Å². The molecule has 0 radical (unpaired) electrons. The Morgan fingerprint density at radius 3 is 2.27 bits per heavy atom. The molecule has 1 nitrogen and oxygen atoms in total. The van der Waals surface area contributed by atoms with Crippen molar-refractivity contribution in [3.8, 4) is 0 Å². The van der Waals surface area contributed by atoms with Gasteiger partial charge >= 0.3 is 0 Å². The van der Waals surface area contributed by atoms with Crippen molar-refractivity contribution in [1.29, 1.82) is 0 Å². The van der Waals surface area contributed by atoms with E-state index in [1.807, 2.05) is 37.3 Å². The van der Waals surface area contributed by atoms with Crippen molar-refractivity contribution in [2.45, 2.75) is 12.2 Å². The molecular weight excluding hydrogens is 156 g/mol. The van der Waals surface area contributed by atoms with E-state index in [0.717, 1.165) is 5.56 Å². The molecule has 0 aromatic heterocycles. The van der Waals surface area contributed by atoms with Crippen LogP contribution in [-0.2, 0) is 10.8 Å². The molecule has 11 heavy (non-hydrogen) atoms. The third-order valence-electron chi connectivity index (χ3n) is 1.77. The van der Waals surface area contributed by atoms with Gasteiger partial charge in [-0.3, -0.25) is 4.21 Å². The number of rotatable bonds is 2. The van der Waals surface area contributed by atoms with Crippen LogP contribution in [0, 0.1) is 0 Å². The topological polar surface area (TPSA) is 17.1 Å². The molecule has 0 N–H and O–H groups in total. The molecule has 1 aromatic rings. The number of benzene rings is 1. The summed E-state index contributed by atoms with van der Waals surface area (Å²) in [7, 11) is -0.761. The van der Waals surface area contributed by atoms with Crippen LogP contribution < -0.4 is 0 Å².